The number of primary amides is 1. The normalized spacial score (nSPS) is 24.0. The van der Waals surface area contributed by atoms with E-state index in [1.165, 1.54) is 12.3 Å². The smallest absolute Gasteiger partial charge is 0.268 e. The molecule has 1 unspecified atom stereocenters. The average molecular weight is 605 g/mol. The second-order valence-corrected chi connectivity index (χ2v) is 12.5. The maximum absolute atomic E-state index is 15.3. The monoisotopic (exact) mass is 604 g/mol. The second-order valence-electron chi connectivity index (χ2n) is 12.5. The molecular weight excluding hydrogens is 571 g/mol. The molecule has 1 aromatic heterocycles. The van der Waals surface area contributed by atoms with Gasteiger partial charge in [0.1, 0.15) is 23.4 Å². The van der Waals surface area contributed by atoms with Crippen LogP contribution in [0.2, 0.25) is 0 Å². The van der Waals surface area contributed by atoms with Crippen LogP contribution in [0.5, 0.6) is 0 Å². The topological polar surface area (TPSA) is 162 Å². The molecule has 44 heavy (non-hydrogen) atoms. The van der Waals surface area contributed by atoms with Crippen molar-refractivity contribution < 1.29 is 28.4 Å². The van der Waals surface area contributed by atoms with Crippen LogP contribution in [-0.2, 0) is 9.59 Å². The van der Waals surface area contributed by atoms with Gasteiger partial charge in [0.05, 0.1) is 29.2 Å². The molecule has 3 N–H and O–H groups in total. The summed E-state index contributed by atoms with van der Waals surface area (Å²) >= 11 is 0. The lowest BCUT2D eigenvalue weighted by molar-refractivity contribution is -0.136. The Balaban J connectivity index is 0.940. The van der Waals surface area contributed by atoms with Crippen LogP contribution < -0.4 is 20.9 Å². The van der Waals surface area contributed by atoms with Crippen molar-refractivity contribution in [3.63, 3.8) is 0 Å². The summed E-state index contributed by atoms with van der Waals surface area (Å²) in [6.07, 6.45) is 6.96. The Morgan fingerprint density at radius 2 is 1.59 bits per heavy atom. The fraction of sp³-hybridized carbons (Fsp3) is 0.500. The zero-order valence-corrected chi connectivity index (χ0v) is 24.1. The summed E-state index contributed by atoms with van der Waals surface area (Å²) in [5, 5.41) is 2.17. The highest BCUT2D eigenvalue weighted by Gasteiger charge is 2.47. The molecule has 0 saturated carbocycles. The molecule has 230 valence electrons. The highest BCUT2D eigenvalue weighted by atomic mass is 19.1. The minimum atomic E-state index is -1.09. The lowest BCUT2D eigenvalue weighted by atomic mass is 9.71. The van der Waals surface area contributed by atoms with E-state index in [1.807, 2.05) is 4.90 Å². The quantitative estimate of drug-likeness (QED) is 0.465. The number of hydrogen-bond acceptors (Lipinski definition) is 10. The zero-order chi connectivity index (χ0) is 30.7. The Kier molecular flexibility index (Phi) is 6.83. The number of aromatic nitrogens is 2. The van der Waals surface area contributed by atoms with Gasteiger partial charge in [0.15, 0.2) is 0 Å². The summed E-state index contributed by atoms with van der Waals surface area (Å²) in [4.78, 5) is 77.3. The van der Waals surface area contributed by atoms with E-state index >= 15 is 4.39 Å². The standard InChI is InChI=1S/C30H33FN8O5/c31-20-11-18-19(29(44)39(28(18)43)22-1-2-25(40)35-27(22)42)12-23(20)37-7-3-17(4-8-37)36-9-5-30(6-10-36)15-38(16-30)24-14-33-21(13-34-24)26(32)41/h11-14,17,22H,1-10,15-16H2,(H2,32,41)(H,35,40,42). The van der Waals surface area contributed by atoms with E-state index in [-0.39, 0.29) is 40.8 Å². The van der Waals surface area contributed by atoms with Crippen molar-refractivity contribution in [1.29, 1.82) is 0 Å². The Morgan fingerprint density at radius 1 is 0.909 bits per heavy atom. The Hall–Kier alpha value is -4.46. The maximum atomic E-state index is 15.3. The minimum Gasteiger partial charge on any atom is -0.369 e. The van der Waals surface area contributed by atoms with E-state index in [0.29, 0.717) is 19.1 Å². The lowest BCUT2D eigenvalue weighted by Gasteiger charge is -2.55. The molecule has 4 saturated heterocycles. The third-order valence-electron chi connectivity index (χ3n) is 9.95. The van der Waals surface area contributed by atoms with Gasteiger partial charge in [-0.1, -0.05) is 0 Å². The molecule has 14 heteroatoms. The first kappa shape index (κ1) is 28.3. The molecule has 0 radical (unpaired) electrons. The van der Waals surface area contributed by atoms with E-state index in [0.717, 1.165) is 68.6 Å². The summed E-state index contributed by atoms with van der Waals surface area (Å²) in [6, 6.07) is 1.84. The number of carbonyl (C=O) groups is 5. The van der Waals surface area contributed by atoms with Crippen LogP contribution in [0.15, 0.2) is 24.5 Å². The van der Waals surface area contributed by atoms with Gasteiger partial charge in [-0.3, -0.25) is 34.2 Å². The molecule has 1 spiro atoms. The van der Waals surface area contributed by atoms with Crippen LogP contribution >= 0.6 is 0 Å². The number of nitrogens with one attached hydrogen (secondary N) is 1. The number of likely N-dealkylation sites (tertiary alicyclic amines) is 1. The molecule has 0 bridgehead atoms. The summed E-state index contributed by atoms with van der Waals surface area (Å²) in [7, 11) is 0. The second kappa shape index (κ2) is 10.6. The van der Waals surface area contributed by atoms with Gasteiger partial charge in [-0.05, 0) is 57.3 Å². The highest BCUT2D eigenvalue weighted by Crippen LogP contribution is 2.43. The van der Waals surface area contributed by atoms with Gasteiger partial charge < -0.3 is 20.4 Å². The van der Waals surface area contributed by atoms with Crippen molar-refractivity contribution >= 4 is 41.0 Å². The first-order valence-electron chi connectivity index (χ1n) is 15.0. The third kappa shape index (κ3) is 4.77. The predicted octanol–water partition coefficient (Wildman–Crippen LogP) is 0.687. The number of nitrogens with zero attached hydrogens (tertiary/aromatic N) is 6. The Morgan fingerprint density at radius 3 is 2.20 bits per heavy atom. The number of benzene rings is 1. The maximum Gasteiger partial charge on any atom is 0.268 e. The van der Waals surface area contributed by atoms with E-state index in [4.69, 9.17) is 5.73 Å². The Bertz CT molecular complexity index is 1560. The molecule has 7 rings (SSSR count). The van der Waals surface area contributed by atoms with Gasteiger partial charge in [0.25, 0.3) is 17.7 Å². The van der Waals surface area contributed by atoms with Gasteiger partial charge >= 0.3 is 0 Å². The molecule has 5 amide bonds. The first-order chi connectivity index (χ1) is 21.1. The number of fused-ring (bicyclic) bond motifs is 1. The molecule has 4 fully saturated rings. The molecule has 5 aliphatic heterocycles. The van der Waals surface area contributed by atoms with Gasteiger partial charge in [0.2, 0.25) is 11.8 Å². The summed E-state index contributed by atoms with van der Waals surface area (Å²) < 4.78 is 15.3. The van der Waals surface area contributed by atoms with Crippen LogP contribution in [0.1, 0.15) is 69.7 Å². The number of imide groups is 2. The average Bonchev–Trinajstić information content (AvgIpc) is 3.24. The van der Waals surface area contributed by atoms with E-state index in [9.17, 15) is 24.0 Å². The SMILES string of the molecule is NC(=O)c1cnc(N2CC3(CCN(C4CCN(c5cc6c(cc5F)C(=O)N(C5CCC(=O)NC5=O)C6=O)CC4)CC3)C2)cn1. The number of nitrogens with two attached hydrogens (primary N) is 1. The third-order valence-corrected chi connectivity index (χ3v) is 9.95. The predicted molar refractivity (Wildman–Crippen MR) is 154 cm³/mol. The molecule has 5 aliphatic rings. The van der Waals surface area contributed by atoms with Crippen molar-refractivity contribution in [3.8, 4) is 0 Å². The fourth-order valence-corrected chi connectivity index (χ4v) is 7.41. The van der Waals surface area contributed by atoms with Crippen molar-refractivity contribution in [3.05, 3.63) is 47.2 Å². The Labute approximate surface area is 252 Å². The molecular formula is C30H33FN8O5. The van der Waals surface area contributed by atoms with Crippen LogP contribution in [0.25, 0.3) is 0 Å². The van der Waals surface area contributed by atoms with Gasteiger partial charge in [-0.15, -0.1) is 0 Å². The number of anilines is 2. The summed E-state index contributed by atoms with van der Waals surface area (Å²) in [5.41, 5.74) is 5.98. The van der Waals surface area contributed by atoms with Crippen LogP contribution in [0, 0.1) is 11.2 Å². The molecule has 6 heterocycles. The van der Waals surface area contributed by atoms with E-state index in [1.54, 1.807) is 6.20 Å². The van der Waals surface area contributed by atoms with Crippen molar-refractivity contribution in [2.45, 2.75) is 50.6 Å². The number of halogens is 1. The fourth-order valence-electron chi connectivity index (χ4n) is 7.41. The molecule has 2 aromatic rings. The van der Waals surface area contributed by atoms with Gasteiger partial charge in [-0.25, -0.2) is 14.4 Å². The van der Waals surface area contributed by atoms with Crippen LogP contribution in [0.3, 0.4) is 0 Å². The number of amides is 5. The number of rotatable bonds is 5. The van der Waals surface area contributed by atoms with Gasteiger partial charge in [0, 0.05) is 44.1 Å². The summed E-state index contributed by atoms with van der Waals surface area (Å²) in [6.45, 7) is 5.03. The van der Waals surface area contributed by atoms with E-state index < -0.39 is 41.4 Å². The van der Waals surface area contributed by atoms with Crippen molar-refractivity contribution in [1.82, 2.24) is 25.1 Å². The van der Waals surface area contributed by atoms with Crippen molar-refractivity contribution in [2.75, 3.05) is 49.1 Å². The van der Waals surface area contributed by atoms with Crippen molar-refractivity contribution in [2.24, 2.45) is 11.1 Å². The minimum absolute atomic E-state index is 0.0259. The number of piperidine rings is 3. The number of hydrogen-bond donors (Lipinski definition) is 2. The summed E-state index contributed by atoms with van der Waals surface area (Å²) in [5.74, 6) is -2.90. The zero-order valence-electron chi connectivity index (χ0n) is 24.1. The first-order valence-corrected chi connectivity index (χ1v) is 15.0. The van der Waals surface area contributed by atoms with Crippen LogP contribution in [-0.4, -0.2) is 101 Å². The lowest BCUT2D eigenvalue weighted by Crippen LogP contribution is -2.62. The number of carbonyl (C=O) groups excluding carboxylic acids is 5. The molecule has 13 nitrogen and oxygen atoms in total. The molecule has 1 atom stereocenters. The largest absolute Gasteiger partial charge is 0.369 e. The molecule has 1 aromatic carbocycles. The van der Waals surface area contributed by atoms with Crippen LogP contribution in [0.4, 0.5) is 15.9 Å². The van der Waals surface area contributed by atoms with Gasteiger partial charge in [-0.2, -0.15) is 0 Å². The molecule has 0 aliphatic carbocycles. The highest BCUT2D eigenvalue weighted by molar-refractivity contribution is 6.23. The van der Waals surface area contributed by atoms with E-state index in [2.05, 4.69) is 25.1 Å².